The molecule has 102 valence electrons. The maximum atomic E-state index is 12.0. The molecule has 0 heterocycles. The van der Waals surface area contributed by atoms with Crippen molar-refractivity contribution in [2.45, 2.75) is 4.90 Å². The fraction of sp³-hybridized carbons (Fsp3) is 0.0625. The van der Waals surface area contributed by atoms with Crippen LogP contribution in [0.5, 0.6) is 0 Å². The molecule has 0 aliphatic carbocycles. The Morgan fingerprint density at radius 3 is 2.35 bits per heavy atom. The summed E-state index contributed by atoms with van der Waals surface area (Å²) in [7, 11) is 0. The maximum absolute atomic E-state index is 12.0. The van der Waals surface area contributed by atoms with Crippen LogP contribution in [0.1, 0.15) is 15.9 Å². The minimum atomic E-state index is -0.0382. The molecular weight excluding hydrogens is 311 g/mol. The van der Waals surface area contributed by atoms with E-state index in [0.29, 0.717) is 15.6 Å². The number of halogens is 2. The van der Waals surface area contributed by atoms with Crippen LogP contribution in [0.4, 0.5) is 0 Å². The molecule has 0 saturated heterocycles. The highest BCUT2D eigenvalue weighted by Gasteiger charge is 2.02. The van der Waals surface area contributed by atoms with Gasteiger partial charge in [0.2, 0.25) is 0 Å². The minimum Gasteiger partial charge on any atom is -0.289 e. The Bertz CT molecular complexity index is 648. The van der Waals surface area contributed by atoms with Gasteiger partial charge in [0, 0.05) is 10.5 Å². The molecular formula is C16H12Cl2OS. The van der Waals surface area contributed by atoms with Crippen LogP contribution in [0, 0.1) is 0 Å². The first-order chi connectivity index (χ1) is 9.60. The summed E-state index contributed by atoms with van der Waals surface area (Å²) >= 11 is 13.4. The predicted octanol–water partition coefficient (Wildman–Crippen LogP) is 5.61. The van der Waals surface area contributed by atoms with Crippen molar-refractivity contribution in [2.75, 3.05) is 6.26 Å². The molecule has 0 radical (unpaired) electrons. The molecule has 2 rings (SSSR count). The van der Waals surface area contributed by atoms with Crippen molar-refractivity contribution in [3.05, 3.63) is 69.7 Å². The van der Waals surface area contributed by atoms with E-state index in [2.05, 4.69) is 0 Å². The van der Waals surface area contributed by atoms with Gasteiger partial charge in [-0.2, -0.15) is 0 Å². The van der Waals surface area contributed by atoms with Crippen LogP contribution >= 0.6 is 35.0 Å². The first kappa shape index (κ1) is 15.2. The summed E-state index contributed by atoms with van der Waals surface area (Å²) < 4.78 is 0. The van der Waals surface area contributed by atoms with E-state index in [4.69, 9.17) is 23.2 Å². The molecule has 0 N–H and O–H groups in total. The van der Waals surface area contributed by atoms with E-state index in [1.54, 1.807) is 30.0 Å². The predicted molar refractivity (Wildman–Crippen MR) is 88.0 cm³/mol. The van der Waals surface area contributed by atoms with Gasteiger partial charge < -0.3 is 0 Å². The largest absolute Gasteiger partial charge is 0.289 e. The molecule has 20 heavy (non-hydrogen) atoms. The van der Waals surface area contributed by atoms with Crippen LogP contribution in [-0.2, 0) is 0 Å². The normalized spacial score (nSPS) is 10.9. The lowest BCUT2D eigenvalue weighted by molar-refractivity contribution is 0.104. The van der Waals surface area contributed by atoms with Crippen LogP contribution in [0.25, 0.3) is 6.08 Å². The Morgan fingerprint density at radius 1 is 1.05 bits per heavy atom. The van der Waals surface area contributed by atoms with Gasteiger partial charge in [0.25, 0.3) is 0 Å². The Labute approximate surface area is 132 Å². The van der Waals surface area contributed by atoms with Crippen molar-refractivity contribution in [1.82, 2.24) is 0 Å². The molecule has 0 atom stereocenters. The Kier molecular flexibility index (Phi) is 5.30. The zero-order valence-electron chi connectivity index (χ0n) is 10.8. The highest BCUT2D eigenvalue weighted by molar-refractivity contribution is 7.98. The standard InChI is InChI=1S/C16H12Cl2OS/c1-20-13-6-4-12(5-7-13)16(19)9-3-11-2-8-14(17)15(18)10-11/h2-10H,1H3/b9-3+. The number of carbonyl (C=O) groups excluding carboxylic acids is 1. The summed E-state index contributed by atoms with van der Waals surface area (Å²) in [6.07, 6.45) is 5.27. The fourth-order valence-electron chi connectivity index (χ4n) is 1.64. The van der Waals surface area contributed by atoms with E-state index >= 15 is 0 Å². The number of rotatable bonds is 4. The van der Waals surface area contributed by atoms with Crippen LogP contribution in [0.3, 0.4) is 0 Å². The van der Waals surface area contributed by atoms with Crippen molar-refractivity contribution in [3.63, 3.8) is 0 Å². The summed E-state index contributed by atoms with van der Waals surface area (Å²) in [5, 5.41) is 0.980. The van der Waals surface area contributed by atoms with Gasteiger partial charge in [-0.25, -0.2) is 0 Å². The monoisotopic (exact) mass is 322 g/mol. The lowest BCUT2D eigenvalue weighted by Gasteiger charge is -1.99. The topological polar surface area (TPSA) is 17.1 Å². The second-order valence-corrected chi connectivity index (χ2v) is 5.79. The van der Waals surface area contributed by atoms with E-state index in [-0.39, 0.29) is 5.78 Å². The van der Waals surface area contributed by atoms with Crippen molar-refractivity contribution in [1.29, 1.82) is 0 Å². The van der Waals surface area contributed by atoms with E-state index in [9.17, 15) is 4.79 Å². The van der Waals surface area contributed by atoms with E-state index in [1.807, 2.05) is 36.6 Å². The van der Waals surface area contributed by atoms with Gasteiger partial charge >= 0.3 is 0 Å². The van der Waals surface area contributed by atoms with E-state index < -0.39 is 0 Å². The number of allylic oxidation sites excluding steroid dienone is 1. The SMILES string of the molecule is CSc1ccc(C(=O)/C=C/c2ccc(Cl)c(Cl)c2)cc1. The Hall–Kier alpha value is -1.22. The molecule has 0 unspecified atom stereocenters. The fourth-order valence-corrected chi connectivity index (χ4v) is 2.35. The third kappa shape index (κ3) is 3.89. The Balaban J connectivity index is 2.13. The number of hydrogen-bond acceptors (Lipinski definition) is 2. The quantitative estimate of drug-likeness (QED) is 0.413. The van der Waals surface area contributed by atoms with Gasteiger partial charge in [-0.3, -0.25) is 4.79 Å². The first-order valence-electron chi connectivity index (χ1n) is 5.91. The average molecular weight is 323 g/mol. The molecule has 2 aromatic carbocycles. The molecule has 0 bridgehead atoms. The zero-order valence-corrected chi connectivity index (χ0v) is 13.1. The molecule has 0 fully saturated rings. The van der Waals surface area contributed by atoms with Gasteiger partial charge in [-0.05, 0) is 54.3 Å². The highest BCUT2D eigenvalue weighted by Crippen LogP contribution is 2.23. The van der Waals surface area contributed by atoms with Crippen LogP contribution in [0.15, 0.2) is 53.4 Å². The second kappa shape index (κ2) is 6.98. The number of benzene rings is 2. The summed E-state index contributed by atoms with van der Waals surface area (Å²) in [6.45, 7) is 0. The lowest BCUT2D eigenvalue weighted by Crippen LogP contribution is -1.93. The molecule has 0 aliphatic rings. The molecule has 0 amide bonds. The summed E-state index contributed by atoms with van der Waals surface area (Å²) in [5.74, 6) is -0.0382. The van der Waals surface area contributed by atoms with Gasteiger partial charge in [0.1, 0.15) is 0 Å². The summed E-state index contributed by atoms with van der Waals surface area (Å²) in [4.78, 5) is 13.2. The number of hydrogen-bond donors (Lipinski definition) is 0. The summed E-state index contributed by atoms with van der Waals surface area (Å²) in [5.41, 5.74) is 1.51. The molecule has 0 aliphatic heterocycles. The highest BCUT2D eigenvalue weighted by atomic mass is 35.5. The van der Waals surface area contributed by atoms with Gasteiger partial charge in [-0.15, -0.1) is 11.8 Å². The van der Waals surface area contributed by atoms with E-state index in [1.165, 1.54) is 6.08 Å². The first-order valence-corrected chi connectivity index (χ1v) is 7.90. The number of ketones is 1. The second-order valence-electron chi connectivity index (χ2n) is 4.10. The smallest absolute Gasteiger partial charge is 0.185 e. The molecule has 0 saturated carbocycles. The lowest BCUT2D eigenvalue weighted by atomic mass is 10.1. The third-order valence-corrected chi connectivity index (χ3v) is 4.23. The van der Waals surface area contributed by atoms with Crippen molar-refractivity contribution in [3.8, 4) is 0 Å². The molecule has 4 heteroatoms. The van der Waals surface area contributed by atoms with E-state index in [0.717, 1.165) is 10.5 Å². The number of carbonyl (C=O) groups is 1. The average Bonchev–Trinajstić information content (AvgIpc) is 2.48. The molecule has 0 aromatic heterocycles. The van der Waals surface area contributed by atoms with Crippen LogP contribution < -0.4 is 0 Å². The minimum absolute atomic E-state index is 0.0382. The third-order valence-electron chi connectivity index (χ3n) is 2.75. The Morgan fingerprint density at radius 2 is 1.75 bits per heavy atom. The summed E-state index contributed by atoms with van der Waals surface area (Å²) in [6, 6.07) is 12.8. The van der Waals surface area contributed by atoms with Gasteiger partial charge in [0.05, 0.1) is 10.0 Å². The van der Waals surface area contributed by atoms with Gasteiger partial charge in [-0.1, -0.05) is 35.3 Å². The van der Waals surface area contributed by atoms with Crippen LogP contribution in [-0.4, -0.2) is 12.0 Å². The molecule has 2 aromatic rings. The number of thioether (sulfide) groups is 1. The molecule has 0 spiro atoms. The van der Waals surface area contributed by atoms with Crippen molar-refractivity contribution >= 4 is 46.8 Å². The van der Waals surface area contributed by atoms with Crippen molar-refractivity contribution < 1.29 is 4.79 Å². The van der Waals surface area contributed by atoms with Gasteiger partial charge in [0.15, 0.2) is 5.78 Å². The zero-order chi connectivity index (χ0) is 14.5. The maximum Gasteiger partial charge on any atom is 0.185 e. The molecule has 1 nitrogen and oxygen atoms in total. The van der Waals surface area contributed by atoms with Crippen LogP contribution in [0.2, 0.25) is 10.0 Å². The van der Waals surface area contributed by atoms with Crippen molar-refractivity contribution in [2.24, 2.45) is 0 Å².